The number of carbonyl (C=O) groups is 1. The largest absolute Gasteiger partial charge is 0.486 e. The first-order chi connectivity index (χ1) is 12.6. The Bertz CT molecular complexity index is 870. The maximum atomic E-state index is 12.6. The summed E-state index contributed by atoms with van der Waals surface area (Å²) in [6.45, 7) is 6.70. The highest BCUT2D eigenvalue weighted by Gasteiger charge is 2.21. The first kappa shape index (κ1) is 17.7. The van der Waals surface area contributed by atoms with E-state index in [0.717, 1.165) is 17.9 Å². The van der Waals surface area contributed by atoms with E-state index in [-0.39, 0.29) is 24.3 Å². The van der Waals surface area contributed by atoms with E-state index in [2.05, 4.69) is 15.5 Å². The van der Waals surface area contributed by atoms with E-state index in [4.69, 9.17) is 9.15 Å². The molecule has 1 atom stereocenters. The SMILES string of the molecule is CCn1cnnc1C(C)NC(=O)c1oc(COc2ccccc2)cc1C. The van der Waals surface area contributed by atoms with Crippen LogP contribution in [0.1, 0.15) is 47.6 Å². The number of hydrogen-bond acceptors (Lipinski definition) is 5. The molecule has 1 amide bonds. The lowest BCUT2D eigenvalue weighted by Crippen LogP contribution is -2.28. The molecule has 0 saturated carbocycles. The summed E-state index contributed by atoms with van der Waals surface area (Å²) >= 11 is 0. The maximum Gasteiger partial charge on any atom is 0.287 e. The van der Waals surface area contributed by atoms with Gasteiger partial charge in [0.1, 0.15) is 24.4 Å². The van der Waals surface area contributed by atoms with Crippen LogP contribution in [-0.4, -0.2) is 20.7 Å². The van der Waals surface area contributed by atoms with Crippen LogP contribution in [0.5, 0.6) is 5.75 Å². The van der Waals surface area contributed by atoms with Crippen molar-refractivity contribution in [3.8, 4) is 5.75 Å². The van der Waals surface area contributed by atoms with E-state index < -0.39 is 0 Å². The molecule has 0 spiro atoms. The first-order valence-electron chi connectivity index (χ1n) is 8.54. The smallest absolute Gasteiger partial charge is 0.287 e. The van der Waals surface area contributed by atoms with Gasteiger partial charge in [0.05, 0.1) is 6.04 Å². The molecule has 3 aromatic rings. The van der Waals surface area contributed by atoms with Gasteiger partial charge in [0.25, 0.3) is 5.91 Å². The van der Waals surface area contributed by atoms with E-state index in [1.54, 1.807) is 6.33 Å². The molecule has 0 aliphatic rings. The Hall–Kier alpha value is -3.09. The molecule has 7 heteroatoms. The van der Waals surface area contributed by atoms with Crippen molar-refractivity contribution in [1.29, 1.82) is 0 Å². The Balaban J connectivity index is 1.65. The summed E-state index contributed by atoms with van der Waals surface area (Å²) in [5.74, 6) is 2.05. The second kappa shape index (κ2) is 7.86. The molecule has 0 bridgehead atoms. The Morgan fingerprint density at radius 1 is 1.35 bits per heavy atom. The Morgan fingerprint density at radius 2 is 2.12 bits per heavy atom. The molecule has 0 radical (unpaired) electrons. The van der Waals surface area contributed by atoms with E-state index in [0.29, 0.717) is 11.6 Å². The molecule has 2 heterocycles. The third kappa shape index (κ3) is 3.93. The standard InChI is InChI=1S/C19H22N4O3/c1-4-23-12-20-22-18(23)14(3)21-19(24)17-13(2)10-16(26-17)11-25-15-8-6-5-7-9-15/h5-10,12,14H,4,11H2,1-3H3,(H,21,24). The number of aromatic nitrogens is 3. The molecule has 1 aromatic carbocycles. The summed E-state index contributed by atoms with van der Waals surface area (Å²) in [7, 11) is 0. The van der Waals surface area contributed by atoms with E-state index in [9.17, 15) is 4.79 Å². The molecule has 7 nitrogen and oxygen atoms in total. The van der Waals surface area contributed by atoms with Crippen molar-refractivity contribution in [2.24, 2.45) is 0 Å². The van der Waals surface area contributed by atoms with Gasteiger partial charge in [-0.1, -0.05) is 18.2 Å². The third-order valence-electron chi connectivity index (χ3n) is 4.02. The van der Waals surface area contributed by atoms with Gasteiger partial charge in [0, 0.05) is 12.1 Å². The van der Waals surface area contributed by atoms with Crippen LogP contribution in [0.25, 0.3) is 0 Å². The molecule has 1 N–H and O–H groups in total. The number of benzene rings is 1. The van der Waals surface area contributed by atoms with Crippen molar-refractivity contribution < 1.29 is 13.9 Å². The van der Waals surface area contributed by atoms with Gasteiger partial charge >= 0.3 is 0 Å². The summed E-state index contributed by atoms with van der Waals surface area (Å²) in [6.07, 6.45) is 1.65. The van der Waals surface area contributed by atoms with Crippen molar-refractivity contribution in [2.45, 2.75) is 40.0 Å². The maximum absolute atomic E-state index is 12.6. The van der Waals surface area contributed by atoms with Gasteiger partial charge in [-0.3, -0.25) is 4.79 Å². The number of nitrogens with zero attached hydrogens (tertiary/aromatic N) is 3. The number of ether oxygens (including phenoxy) is 1. The van der Waals surface area contributed by atoms with Crippen molar-refractivity contribution in [2.75, 3.05) is 0 Å². The number of carbonyl (C=O) groups excluding carboxylic acids is 1. The lowest BCUT2D eigenvalue weighted by Gasteiger charge is -2.13. The molecule has 2 aromatic heterocycles. The van der Waals surface area contributed by atoms with Crippen LogP contribution in [0.15, 0.2) is 47.1 Å². The molecule has 136 valence electrons. The highest BCUT2D eigenvalue weighted by molar-refractivity contribution is 5.93. The Labute approximate surface area is 152 Å². The quantitative estimate of drug-likeness (QED) is 0.704. The van der Waals surface area contributed by atoms with Crippen LogP contribution < -0.4 is 10.1 Å². The average Bonchev–Trinajstić information content (AvgIpc) is 3.27. The van der Waals surface area contributed by atoms with Gasteiger partial charge in [-0.15, -0.1) is 10.2 Å². The molecule has 0 saturated heterocycles. The van der Waals surface area contributed by atoms with E-state index in [1.807, 2.05) is 61.7 Å². The van der Waals surface area contributed by atoms with Gasteiger partial charge in [0.2, 0.25) is 0 Å². The van der Waals surface area contributed by atoms with Crippen LogP contribution in [0.4, 0.5) is 0 Å². The van der Waals surface area contributed by atoms with Crippen LogP contribution in [0.3, 0.4) is 0 Å². The number of furan rings is 1. The Morgan fingerprint density at radius 3 is 2.85 bits per heavy atom. The zero-order valence-corrected chi connectivity index (χ0v) is 15.1. The second-order valence-electron chi connectivity index (χ2n) is 6.00. The molecule has 0 aliphatic heterocycles. The van der Waals surface area contributed by atoms with E-state index >= 15 is 0 Å². The molecule has 1 unspecified atom stereocenters. The molecular weight excluding hydrogens is 332 g/mol. The number of hydrogen-bond donors (Lipinski definition) is 1. The zero-order chi connectivity index (χ0) is 18.5. The molecule has 0 fully saturated rings. The van der Waals surface area contributed by atoms with E-state index in [1.165, 1.54) is 0 Å². The number of nitrogens with one attached hydrogen (secondary N) is 1. The van der Waals surface area contributed by atoms with Crippen LogP contribution in [0, 0.1) is 6.92 Å². The minimum absolute atomic E-state index is 0.262. The minimum atomic E-state index is -0.286. The fourth-order valence-electron chi connectivity index (χ4n) is 2.69. The van der Waals surface area contributed by atoms with Gasteiger partial charge in [-0.25, -0.2) is 0 Å². The lowest BCUT2D eigenvalue weighted by atomic mass is 10.2. The minimum Gasteiger partial charge on any atom is -0.486 e. The monoisotopic (exact) mass is 354 g/mol. The average molecular weight is 354 g/mol. The third-order valence-corrected chi connectivity index (χ3v) is 4.02. The van der Waals surface area contributed by atoms with Crippen LogP contribution in [0.2, 0.25) is 0 Å². The fourth-order valence-corrected chi connectivity index (χ4v) is 2.69. The lowest BCUT2D eigenvalue weighted by molar-refractivity contribution is 0.0904. The predicted molar refractivity (Wildman–Crippen MR) is 95.8 cm³/mol. The van der Waals surface area contributed by atoms with Crippen LogP contribution >= 0.6 is 0 Å². The van der Waals surface area contributed by atoms with Crippen LogP contribution in [-0.2, 0) is 13.2 Å². The van der Waals surface area contributed by atoms with Gasteiger partial charge in [-0.05, 0) is 39.0 Å². The molecular formula is C19H22N4O3. The van der Waals surface area contributed by atoms with Gasteiger partial charge < -0.3 is 19.0 Å². The molecule has 26 heavy (non-hydrogen) atoms. The van der Waals surface area contributed by atoms with Gasteiger partial charge in [-0.2, -0.15) is 0 Å². The fraction of sp³-hybridized carbons (Fsp3) is 0.316. The highest BCUT2D eigenvalue weighted by Crippen LogP contribution is 2.19. The second-order valence-corrected chi connectivity index (χ2v) is 6.00. The number of aryl methyl sites for hydroxylation is 2. The summed E-state index contributed by atoms with van der Waals surface area (Å²) in [5, 5.41) is 10.9. The topological polar surface area (TPSA) is 82.2 Å². The summed E-state index contributed by atoms with van der Waals surface area (Å²) < 4.78 is 13.2. The van der Waals surface area contributed by atoms with Crippen molar-refractivity contribution >= 4 is 5.91 Å². The predicted octanol–water partition coefficient (Wildman–Crippen LogP) is 3.27. The summed E-state index contributed by atoms with van der Waals surface area (Å²) in [4.78, 5) is 12.6. The highest BCUT2D eigenvalue weighted by atomic mass is 16.5. The zero-order valence-electron chi connectivity index (χ0n) is 15.1. The number of para-hydroxylation sites is 1. The number of rotatable bonds is 7. The number of amides is 1. The summed E-state index contributed by atoms with van der Waals surface area (Å²) in [5.41, 5.74) is 0.762. The normalized spacial score (nSPS) is 12.0. The summed E-state index contributed by atoms with van der Waals surface area (Å²) in [6, 6.07) is 11.0. The van der Waals surface area contributed by atoms with Crippen molar-refractivity contribution in [1.82, 2.24) is 20.1 Å². The first-order valence-corrected chi connectivity index (χ1v) is 8.54. The molecule has 0 aliphatic carbocycles. The van der Waals surface area contributed by atoms with Crippen molar-refractivity contribution in [3.63, 3.8) is 0 Å². The van der Waals surface area contributed by atoms with Gasteiger partial charge in [0.15, 0.2) is 11.6 Å². The Kier molecular flexibility index (Phi) is 5.36. The molecule has 3 rings (SSSR count). The van der Waals surface area contributed by atoms with Crippen molar-refractivity contribution in [3.05, 3.63) is 65.6 Å².